The first kappa shape index (κ1) is 12.4. The quantitative estimate of drug-likeness (QED) is 0.880. The minimum absolute atomic E-state index is 0.137. The molecule has 0 amide bonds. The van der Waals surface area contributed by atoms with Gasteiger partial charge in [-0.2, -0.15) is 4.98 Å². The molecule has 0 aliphatic rings. The van der Waals surface area contributed by atoms with Crippen LogP contribution in [0.15, 0.2) is 36.5 Å². The van der Waals surface area contributed by atoms with E-state index < -0.39 is 0 Å². The molecule has 18 heavy (non-hydrogen) atoms. The van der Waals surface area contributed by atoms with Crippen LogP contribution in [0.5, 0.6) is 11.6 Å². The van der Waals surface area contributed by atoms with E-state index in [-0.39, 0.29) is 11.4 Å². The lowest BCUT2D eigenvalue weighted by Gasteiger charge is -2.19. The Labute approximate surface area is 107 Å². The third-order valence-corrected chi connectivity index (χ3v) is 2.59. The lowest BCUT2D eigenvalue weighted by Crippen LogP contribution is -2.10. The Hall–Kier alpha value is -2.10. The van der Waals surface area contributed by atoms with Crippen LogP contribution in [0.25, 0.3) is 0 Å². The minimum Gasteiger partial charge on any atom is -0.439 e. The normalized spacial score (nSPS) is 11.3. The van der Waals surface area contributed by atoms with Crippen molar-refractivity contribution < 1.29 is 4.74 Å². The fraction of sp³-hybridized carbons (Fsp3) is 0.286. The van der Waals surface area contributed by atoms with Crippen LogP contribution in [0.3, 0.4) is 0 Å². The fourth-order valence-corrected chi connectivity index (χ4v) is 1.56. The Morgan fingerprint density at radius 2 is 1.72 bits per heavy atom. The average Bonchev–Trinajstić information content (AvgIpc) is 2.28. The zero-order valence-electron chi connectivity index (χ0n) is 10.8. The summed E-state index contributed by atoms with van der Waals surface area (Å²) >= 11 is 0. The van der Waals surface area contributed by atoms with E-state index in [1.54, 1.807) is 12.3 Å². The number of rotatable bonds is 2. The molecule has 1 heterocycles. The Kier molecular flexibility index (Phi) is 3.19. The van der Waals surface area contributed by atoms with Gasteiger partial charge in [0.25, 0.3) is 0 Å². The molecule has 0 aliphatic heterocycles. The van der Waals surface area contributed by atoms with E-state index in [0.29, 0.717) is 5.88 Å². The smallest absolute Gasteiger partial charge is 0.224 e. The number of nitrogen functional groups attached to an aromatic ring is 1. The number of nitrogens with zero attached hydrogens (tertiary/aromatic N) is 2. The van der Waals surface area contributed by atoms with Crippen LogP contribution in [0.1, 0.15) is 26.3 Å². The molecule has 2 N–H and O–H groups in total. The Balaban J connectivity index is 2.16. The molecule has 0 spiro atoms. The number of benzene rings is 1. The van der Waals surface area contributed by atoms with Gasteiger partial charge in [-0.05, 0) is 23.1 Å². The predicted octanol–water partition coefficient (Wildman–Crippen LogP) is 3.15. The molecule has 0 atom stereocenters. The van der Waals surface area contributed by atoms with Crippen molar-refractivity contribution in [2.24, 2.45) is 0 Å². The molecule has 4 nitrogen and oxygen atoms in total. The van der Waals surface area contributed by atoms with Crippen molar-refractivity contribution in [2.75, 3.05) is 5.73 Å². The summed E-state index contributed by atoms with van der Waals surface area (Å²) in [5.74, 6) is 1.39. The molecule has 0 saturated carbocycles. The third-order valence-electron chi connectivity index (χ3n) is 2.59. The molecular weight excluding hydrogens is 226 g/mol. The van der Waals surface area contributed by atoms with E-state index in [9.17, 15) is 0 Å². The van der Waals surface area contributed by atoms with Crippen molar-refractivity contribution in [3.63, 3.8) is 0 Å². The van der Waals surface area contributed by atoms with E-state index >= 15 is 0 Å². The average molecular weight is 243 g/mol. The number of hydrogen-bond acceptors (Lipinski definition) is 4. The first-order valence-corrected chi connectivity index (χ1v) is 5.82. The van der Waals surface area contributed by atoms with Crippen molar-refractivity contribution in [1.29, 1.82) is 0 Å². The highest BCUT2D eigenvalue weighted by molar-refractivity contribution is 5.33. The highest BCUT2D eigenvalue weighted by Crippen LogP contribution is 2.26. The molecule has 0 radical (unpaired) electrons. The second kappa shape index (κ2) is 4.64. The van der Waals surface area contributed by atoms with Gasteiger partial charge in [0.05, 0.1) is 0 Å². The monoisotopic (exact) mass is 243 g/mol. The van der Waals surface area contributed by atoms with Gasteiger partial charge >= 0.3 is 0 Å². The summed E-state index contributed by atoms with van der Waals surface area (Å²) in [6, 6.07) is 9.64. The summed E-state index contributed by atoms with van der Waals surface area (Å²) < 4.78 is 5.60. The molecule has 2 rings (SSSR count). The fourth-order valence-electron chi connectivity index (χ4n) is 1.56. The summed E-state index contributed by atoms with van der Waals surface area (Å²) in [7, 11) is 0. The first-order valence-electron chi connectivity index (χ1n) is 5.82. The van der Waals surface area contributed by atoms with Crippen LogP contribution in [-0.4, -0.2) is 9.97 Å². The number of anilines is 1. The van der Waals surface area contributed by atoms with Crippen LogP contribution in [-0.2, 0) is 5.41 Å². The molecule has 1 aromatic carbocycles. The molecule has 0 unspecified atom stereocenters. The van der Waals surface area contributed by atoms with Crippen molar-refractivity contribution in [2.45, 2.75) is 26.2 Å². The van der Waals surface area contributed by atoms with Crippen LogP contribution < -0.4 is 10.5 Å². The Morgan fingerprint density at radius 3 is 2.28 bits per heavy atom. The van der Waals surface area contributed by atoms with E-state index in [1.165, 1.54) is 5.56 Å². The van der Waals surface area contributed by atoms with E-state index in [2.05, 4.69) is 42.9 Å². The van der Waals surface area contributed by atoms with Crippen LogP contribution >= 0.6 is 0 Å². The molecular formula is C14H17N3O. The van der Waals surface area contributed by atoms with E-state index in [1.807, 2.05) is 12.1 Å². The van der Waals surface area contributed by atoms with Gasteiger partial charge in [0.15, 0.2) is 0 Å². The van der Waals surface area contributed by atoms with Gasteiger partial charge < -0.3 is 10.5 Å². The van der Waals surface area contributed by atoms with Gasteiger partial charge in [-0.15, -0.1) is 0 Å². The largest absolute Gasteiger partial charge is 0.439 e. The molecule has 0 aliphatic carbocycles. The van der Waals surface area contributed by atoms with Gasteiger partial charge in [-0.25, -0.2) is 4.98 Å². The lowest BCUT2D eigenvalue weighted by atomic mass is 9.87. The maximum Gasteiger partial charge on any atom is 0.224 e. The van der Waals surface area contributed by atoms with Crippen molar-refractivity contribution in [3.8, 4) is 11.6 Å². The van der Waals surface area contributed by atoms with Crippen molar-refractivity contribution >= 4 is 5.95 Å². The highest BCUT2D eigenvalue weighted by atomic mass is 16.5. The molecule has 0 bridgehead atoms. The lowest BCUT2D eigenvalue weighted by molar-refractivity contribution is 0.461. The topological polar surface area (TPSA) is 61.0 Å². The number of ether oxygens (including phenoxy) is 1. The zero-order chi connectivity index (χ0) is 13.2. The standard InChI is InChI=1S/C14H17N3O/c1-14(2,3)10-4-6-11(7-5-10)18-12-8-9-16-13(15)17-12/h4-9H,1-3H3,(H2,15,16,17). The predicted molar refractivity (Wildman–Crippen MR) is 71.7 cm³/mol. The number of nitrogens with two attached hydrogens (primary N) is 1. The highest BCUT2D eigenvalue weighted by Gasteiger charge is 2.13. The third kappa shape index (κ3) is 2.97. The minimum atomic E-state index is 0.137. The van der Waals surface area contributed by atoms with Crippen molar-refractivity contribution in [3.05, 3.63) is 42.1 Å². The molecule has 0 saturated heterocycles. The van der Waals surface area contributed by atoms with Crippen LogP contribution in [0.4, 0.5) is 5.95 Å². The van der Waals surface area contributed by atoms with Gasteiger partial charge in [-0.1, -0.05) is 32.9 Å². The zero-order valence-corrected chi connectivity index (χ0v) is 10.8. The van der Waals surface area contributed by atoms with Gasteiger partial charge in [0, 0.05) is 12.3 Å². The van der Waals surface area contributed by atoms with Gasteiger partial charge in [0.2, 0.25) is 11.8 Å². The number of aromatic nitrogens is 2. The van der Waals surface area contributed by atoms with Crippen molar-refractivity contribution in [1.82, 2.24) is 9.97 Å². The maximum atomic E-state index is 5.60. The molecule has 94 valence electrons. The van der Waals surface area contributed by atoms with E-state index in [4.69, 9.17) is 10.5 Å². The van der Waals surface area contributed by atoms with Gasteiger partial charge in [0.1, 0.15) is 5.75 Å². The SMILES string of the molecule is CC(C)(C)c1ccc(Oc2ccnc(N)n2)cc1. The Bertz CT molecular complexity index is 529. The Morgan fingerprint density at radius 1 is 1.06 bits per heavy atom. The summed E-state index contributed by atoms with van der Waals surface area (Å²) in [5, 5.41) is 0. The number of hydrogen-bond donors (Lipinski definition) is 1. The molecule has 4 heteroatoms. The first-order chi connectivity index (χ1) is 8.45. The molecule has 0 fully saturated rings. The molecule has 1 aromatic heterocycles. The summed E-state index contributed by atoms with van der Waals surface area (Å²) in [4.78, 5) is 7.80. The summed E-state index contributed by atoms with van der Waals surface area (Å²) in [5.41, 5.74) is 6.89. The second-order valence-electron chi connectivity index (χ2n) is 5.13. The summed E-state index contributed by atoms with van der Waals surface area (Å²) in [6.07, 6.45) is 1.57. The van der Waals surface area contributed by atoms with Crippen LogP contribution in [0, 0.1) is 0 Å². The second-order valence-corrected chi connectivity index (χ2v) is 5.13. The van der Waals surface area contributed by atoms with Crippen LogP contribution in [0.2, 0.25) is 0 Å². The summed E-state index contributed by atoms with van der Waals surface area (Å²) in [6.45, 7) is 6.52. The maximum absolute atomic E-state index is 5.60. The molecule has 2 aromatic rings. The van der Waals surface area contributed by atoms with Gasteiger partial charge in [-0.3, -0.25) is 0 Å². The van der Waals surface area contributed by atoms with E-state index in [0.717, 1.165) is 5.75 Å².